The molecule has 1 unspecified atom stereocenters. The van der Waals surface area contributed by atoms with Crippen LogP contribution in [0.3, 0.4) is 0 Å². The fourth-order valence-electron chi connectivity index (χ4n) is 5.87. The van der Waals surface area contributed by atoms with Crippen molar-refractivity contribution < 1.29 is 19.4 Å². The van der Waals surface area contributed by atoms with E-state index < -0.39 is 5.60 Å². The van der Waals surface area contributed by atoms with Crippen molar-refractivity contribution in [3.63, 3.8) is 0 Å². The Morgan fingerprint density at radius 3 is 2.33 bits per heavy atom. The van der Waals surface area contributed by atoms with Gasteiger partial charge in [0.25, 0.3) is 5.91 Å². The lowest BCUT2D eigenvalue weighted by molar-refractivity contribution is 0.00744. The second-order valence-corrected chi connectivity index (χ2v) is 11.4. The maximum Gasteiger partial charge on any atom is 0.410 e. The summed E-state index contributed by atoms with van der Waals surface area (Å²) in [5.74, 6) is 0.161. The Morgan fingerprint density at radius 2 is 1.72 bits per heavy atom. The number of phenols is 1. The maximum absolute atomic E-state index is 12.8. The SMILES string of the molecule is CCN(CC)C(=O)c1ccc(C2CC3(CCN(C(=O)OC(C)(C)C)CC3)Cc3ccccc32)c(O)c1. The third kappa shape index (κ3) is 5.37. The van der Waals surface area contributed by atoms with E-state index in [0.717, 1.165) is 31.2 Å². The van der Waals surface area contributed by atoms with Crippen LogP contribution >= 0.6 is 0 Å². The molecule has 1 spiro atoms. The largest absolute Gasteiger partial charge is 0.508 e. The van der Waals surface area contributed by atoms with Crippen LogP contribution in [-0.2, 0) is 11.2 Å². The first kappa shape index (κ1) is 26.1. The van der Waals surface area contributed by atoms with Crippen LogP contribution in [0.25, 0.3) is 0 Å². The van der Waals surface area contributed by atoms with E-state index in [9.17, 15) is 14.7 Å². The van der Waals surface area contributed by atoms with E-state index >= 15 is 0 Å². The van der Waals surface area contributed by atoms with Crippen molar-refractivity contribution >= 4 is 12.0 Å². The number of fused-ring (bicyclic) bond motifs is 1. The van der Waals surface area contributed by atoms with E-state index in [1.807, 2.05) is 51.7 Å². The average Bonchev–Trinajstić information content (AvgIpc) is 2.83. The van der Waals surface area contributed by atoms with Gasteiger partial charge in [-0.1, -0.05) is 30.3 Å². The van der Waals surface area contributed by atoms with Gasteiger partial charge in [-0.3, -0.25) is 4.79 Å². The molecular weight excluding hydrogens is 452 g/mol. The van der Waals surface area contributed by atoms with Gasteiger partial charge in [0.1, 0.15) is 11.4 Å². The van der Waals surface area contributed by atoms with Gasteiger partial charge in [0, 0.05) is 43.2 Å². The van der Waals surface area contributed by atoms with E-state index in [0.29, 0.717) is 31.7 Å². The second kappa shape index (κ2) is 10.2. The quantitative estimate of drug-likeness (QED) is 0.571. The van der Waals surface area contributed by atoms with Crippen LogP contribution in [-0.4, -0.2) is 58.7 Å². The number of hydrogen-bond acceptors (Lipinski definition) is 4. The van der Waals surface area contributed by atoms with E-state index in [1.165, 1.54) is 11.1 Å². The van der Waals surface area contributed by atoms with Crippen LogP contribution in [0.2, 0.25) is 0 Å². The van der Waals surface area contributed by atoms with Crippen molar-refractivity contribution in [1.29, 1.82) is 0 Å². The number of nitrogens with zero attached hydrogens (tertiary/aromatic N) is 2. The van der Waals surface area contributed by atoms with E-state index in [4.69, 9.17) is 4.74 Å². The molecule has 36 heavy (non-hydrogen) atoms. The molecule has 6 heteroatoms. The summed E-state index contributed by atoms with van der Waals surface area (Å²) in [5, 5.41) is 11.1. The fraction of sp³-hybridized carbons (Fsp3) is 0.533. The summed E-state index contributed by atoms with van der Waals surface area (Å²) in [6.07, 6.45) is 3.44. The Morgan fingerprint density at radius 1 is 1.06 bits per heavy atom. The minimum atomic E-state index is -0.503. The first-order chi connectivity index (χ1) is 17.1. The van der Waals surface area contributed by atoms with Gasteiger partial charge in [-0.2, -0.15) is 0 Å². The Kier molecular flexibility index (Phi) is 7.35. The van der Waals surface area contributed by atoms with E-state index in [2.05, 4.69) is 24.3 Å². The molecule has 1 aliphatic heterocycles. The van der Waals surface area contributed by atoms with Crippen molar-refractivity contribution in [2.45, 2.75) is 71.8 Å². The topological polar surface area (TPSA) is 70.1 Å². The molecule has 0 bridgehead atoms. The number of likely N-dealkylation sites (tertiary alicyclic amines) is 1. The highest BCUT2D eigenvalue weighted by atomic mass is 16.6. The van der Waals surface area contributed by atoms with Gasteiger partial charge in [0.15, 0.2) is 0 Å². The van der Waals surface area contributed by atoms with Crippen LogP contribution in [0.1, 0.15) is 86.8 Å². The third-order valence-electron chi connectivity index (χ3n) is 7.81. The number of aromatic hydroxyl groups is 1. The Balaban J connectivity index is 1.59. The Labute approximate surface area is 215 Å². The van der Waals surface area contributed by atoms with E-state index in [1.54, 1.807) is 11.0 Å². The van der Waals surface area contributed by atoms with Crippen LogP contribution < -0.4 is 0 Å². The predicted molar refractivity (Wildman–Crippen MR) is 141 cm³/mol. The minimum Gasteiger partial charge on any atom is -0.508 e. The van der Waals surface area contributed by atoms with Gasteiger partial charge < -0.3 is 19.6 Å². The molecule has 1 fully saturated rings. The zero-order chi connectivity index (χ0) is 26.1. The van der Waals surface area contributed by atoms with Gasteiger partial charge in [0.05, 0.1) is 0 Å². The molecule has 2 aliphatic rings. The summed E-state index contributed by atoms with van der Waals surface area (Å²) in [6.45, 7) is 12.2. The molecule has 1 N–H and O–H groups in total. The highest BCUT2D eigenvalue weighted by molar-refractivity contribution is 5.94. The summed E-state index contributed by atoms with van der Waals surface area (Å²) in [4.78, 5) is 29.1. The summed E-state index contributed by atoms with van der Waals surface area (Å²) in [7, 11) is 0. The lowest BCUT2D eigenvalue weighted by Gasteiger charge is -2.47. The molecule has 2 aromatic rings. The standard InChI is InChI=1S/C30H40N2O4/c1-6-31(7-2)27(34)21-12-13-24(26(33)18-21)25-20-30(19-22-10-8-9-11-23(22)25)14-16-32(17-15-30)28(35)36-29(3,4)5/h8-13,18,25,33H,6-7,14-17,19-20H2,1-5H3. The first-order valence-electron chi connectivity index (χ1n) is 13.2. The monoisotopic (exact) mass is 492 g/mol. The van der Waals surface area contributed by atoms with Crippen LogP contribution in [0.5, 0.6) is 5.75 Å². The predicted octanol–water partition coefficient (Wildman–Crippen LogP) is 5.97. The van der Waals surface area contributed by atoms with Crippen LogP contribution in [0, 0.1) is 5.41 Å². The molecule has 1 aliphatic carbocycles. The number of carbonyl (C=O) groups is 2. The number of benzene rings is 2. The number of phenolic OH excluding ortho intramolecular Hbond substituents is 1. The molecule has 1 atom stereocenters. The number of piperidine rings is 1. The zero-order valence-corrected chi connectivity index (χ0v) is 22.3. The molecule has 0 aromatic heterocycles. The molecule has 2 amide bonds. The zero-order valence-electron chi connectivity index (χ0n) is 22.3. The van der Waals surface area contributed by atoms with Crippen molar-refractivity contribution in [3.05, 3.63) is 64.7 Å². The van der Waals surface area contributed by atoms with Gasteiger partial charge in [-0.15, -0.1) is 0 Å². The molecular formula is C30H40N2O4. The number of amides is 2. The first-order valence-corrected chi connectivity index (χ1v) is 13.2. The average molecular weight is 493 g/mol. The van der Waals surface area contributed by atoms with Crippen molar-refractivity contribution in [1.82, 2.24) is 9.80 Å². The molecule has 2 aromatic carbocycles. The molecule has 194 valence electrons. The summed E-state index contributed by atoms with van der Waals surface area (Å²) in [6, 6.07) is 13.9. The number of ether oxygens (including phenoxy) is 1. The highest BCUT2D eigenvalue weighted by Gasteiger charge is 2.43. The minimum absolute atomic E-state index is 0.0423. The van der Waals surface area contributed by atoms with Crippen molar-refractivity contribution in [3.8, 4) is 5.75 Å². The van der Waals surface area contributed by atoms with Gasteiger partial charge in [-0.05, 0) is 89.0 Å². The van der Waals surface area contributed by atoms with E-state index in [-0.39, 0.29) is 29.1 Å². The highest BCUT2D eigenvalue weighted by Crippen LogP contribution is 2.51. The lowest BCUT2D eigenvalue weighted by Crippen LogP contribution is -2.47. The van der Waals surface area contributed by atoms with Gasteiger partial charge in [-0.25, -0.2) is 4.79 Å². The lowest BCUT2D eigenvalue weighted by atomic mass is 9.61. The Hall–Kier alpha value is -3.02. The molecule has 6 nitrogen and oxygen atoms in total. The molecule has 0 saturated carbocycles. The molecule has 0 radical (unpaired) electrons. The third-order valence-corrected chi connectivity index (χ3v) is 7.81. The Bertz CT molecular complexity index is 1110. The molecule has 4 rings (SSSR count). The fourth-order valence-corrected chi connectivity index (χ4v) is 5.87. The molecule has 1 heterocycles. The van der Waals surface area contributed by atoms with Crippen LogP contribution in [0.4, 0.5) is 4.79 Å². The second-order valence-electron chi connectivity index (χ2n) is 11.4. The van der Waals surface area contributed by atoms with Crippen molar-refractivity contribution in [2.75, 3.05) is 26.2 Å². The summed E-state index contributed by atoms with van der Waals surface area (Å²) in [5.41, 5.74) is 3.49. The smallest absolute Gasteiger partial charge is 0.410 e. The number of rotatable bonds is 4. The summed E-state index contributed by atoms with van der Waals surface area (Å²) < 4.78 is 5.60. The van der Waals surface area contributed by atoms with Crippen LogP contribution in [0.15, 0.2) is 42.5 Å². The van der Waals surface area contributed by atoms with Gasteiger partial charge in [0.2, 0.25) is 0 Å². The molecule has 1 saturated heterocycles. The van der Waals surface area contributed by atoms with Crippen molar-refractivity contribution in [2.24, 2.45) is 5.41 Å². The van der Waals surface area contributed by atoms with Gasteiger partial charge >= 0.3 is 6.09 Å². The normalized spacial score (nSPS) is 19.0. The number of carbonyl (C=O) groups excluding carboxylic acids is 2. The number of hydrogen-bond donors (Lipinski definition) is 1. The maximum atomic E-state index is 12.8. The summed E-state index contributed by atoms with van der Waals surface area (Å²) >= 11 is 0.